The summed E-state index contributed by atoms with van der Waals surface area (Å²) in [5.74, 6) is 0. The van der Waals surface area contributed by atoms with E-state index in [0.717, 1.165) is 74.3 Å². The van der Waals surface area contributed by atoms with Gasteiger partial charge in [-0.15, -0.1) is 11.3 Å². The first kappa shape index (κ1) is 19.1. The van der Waals surface area contributed by atoms with Gasteiger partial charge in [0.15, 0.2) is 0 Å². The van der Waals surface area contributed by atoms with Crippen LogP contribution in [0.4, 0.5) is 10.5 Å². The van der Waals surface area contributed by atoms with Gasteiger partial charge in [-0.2, -0.15) is 0 Å². The molecular formula is C21H25N3O3S2. The zero-order chi connectivity index (χ0) is 20.2. The van der Waals surface area contributed by atoms with Gasteiger partial charge in [-0.25, -0.2) is 17.9 Å². The number of urea groups is 1. The number of rotatable bonds is 4. The number of hydrogen-bond acceptors (Lipinski definition) is 5. The zero-order valence-electron chi connectivity index (χ0n) is 16.5. The zero-order valence-corrected chi connectivity index (χ0v) is 18.1. The molecule has 0 saturated heterocycles. The Morgan fingerprint density at radius 3 is 2.62 bits per heavy atom. The second-order valence-corrected chi connectivity index (χ2v) is 11.1. The van der Waals surface area contributed by atoms with Crippen molar-refractivity contribution in [1.29, 1.82) is 0 Å². The number of benzene rings is 1. The van der Waals surface area contributed by atoms with Crippen LogP contribution in [0.3, 0.4) is 0 Å². The molecule has 2 heterocycles. The summed E-state index contributed by atoms with van der Waals surface area (Å²) in [6, 6.07) is 3.32. The lowest BCUT2D eigenvalue weighted by Crippen LogP contribution is -2.35. The molecule has 0 radical (unpaired) electrons. The summed E-state index contributed by atoms with van der Waals surface area (Å²) < 4.78 is 28.1. The molecular weight excluding hydrogens is 406 g/mol. The summed E-state index contributed by atoms with van der Waals surface area (Å²) in [5, 5.41) is 2.87. The fourth-order valence-corrected chi connectivity index (χ4v) is 7.12. The lowest BCUT2D eigenvalue weighted by molar-refractivity contribution is 0.256. The number of sulfonamides is 1. The van der Waals surface area contributed by atoms with Gasteiger partial charge in [0, 0.05) is 23.7 Å². The molecule has 5 rings (SSSR count). The highest BCUT2D eigenvalue weighted by atomic mass is 32.2. The van der Waals surface area contributed by atoms with Gasteiger partial charge in [0.05, 0.1) is 0 Å². The Balaban J connectivity index is 1.35. The average Bonchev–Trinajstić information content (AvgIpc) is 3.30. The number of hydrogen-bond donors (Lipinski definition) is 2. The van der Waals surface area contributed by atoms with Gasteiger partial charge in [0.2, 0.25) is 0 Å². The van der Waals surface area contributed by atoms with Crippen molar-refractivity contribution in [3.8, 4) is 0 Å². The molecule has 2 aliphatic carbocycles. The number of likely N-dealkylation sites (N-methyl/N-ethyl adjacent to an activating group) is 1. The quantitative estimate of drug-likeness (QED) is 0.779. The van der Waals surface area contributed by atoms with Crippen LogP contribution >= 0.6 is 11.3 Å². The minimum Gasteiger partial charge on any atom is -0.307 e. The van der Waals surface area contributed by atoms with E-state index in [2.05, 4.69) is 27.9 Å². The molecule has 0 saturated carbocycles. The van der Waals surface area contributed by atoms with Crippen LogP contribution in [0, 0.1) is 0 Å². The van der Waals surface area contributed by atoms with E-state index < -0.39 is 16.1 Å². The van der Waals surface area contributed by atoms with Gasteiger partial charge >= 0.3 is 6.03 Å². The van der Waals surface area contributed by atoms with E-state index in [1.165, 1.54) is 33.6 Å². The van der Waals surface area contributed by atoms with E-state index in [1.807, 2.05) is 0 Å². The molecule has 1 aromatic heterocycles. The highest BCUT2D eigenvalue weighted by molar-refractivity contribution is 7.92. The third kappa shape index (κ3) is 3.37. The number of fused-ring (bicyclic) bond motifs is 3. The van der Waals surface area contributed by atoms with E-state index in [1.54, 1.807) is 6.07 Å². The topological polar surface area (TPSA) is 78.5 Å². The maximum atomic E-state index is 12.8. The van der Waals surface area contributed by atoms with Crippen LogP contribution in [0.15, 0.2) is 16.3 Å². The minimum absolute atomic E-state index is 0.224. The number of carbonyl (C=O) groups excluding carboxylic acids is 1. The number of anilines is 1. The summed E-state index contributed by atoms with van der Waals surface area (Å²) in [4.78, 5) is 16.0. The predicted molar refractivity (Wildman–Crippen MR) is 114 cm³/mol. The lowest BCUT2D eigenvalue weighted by Gasteiger charge is -2.26. The SMILES string of the molecule is CCN1CCc2sc(S(=O)(=O)NC(=O)Nc3c4c(cc5c3CC5)CCC4)cc2C1. The standard InChI is InChI=1S/C21H25N3O3S2/c1-2-24-9-8-18-15(12-24)11-19(28-18)29(26,27)23-21(25)22-20-16-5-3-4-13(16)10-14-6-7-17(14)20/h10-11H,2-9,12H2,1H3,(H2,22,23,25). The molecule has 29 heavy (non-hydrogen) atoms. The van der Waals surface area contributed by atoms with E-state index in [9.17, 15) is 13.2 Å². The number of amides is 2. The summed E-state index contributed by atoms with van der Waals surface area (Å²) >= 11 is 1.28. The smallest absolute Gasteiger partial charge is 0.307 e. The van der Waals surface area contributed by atoms with Crippen molar-refractivity contribution in [2.75, 3.05) is 18.4 Å². The second kappa shape index (κ2) is 7.11. The van der Waals surface area contributed by atoms with E-state index >= 15 is 0 Å². The summed E-state index contributed by atoms with van der Waals surface area (Å²) in [6.07, 6.45) is 5.90. The van der Waals surface area contributed by atoms with Crippen LogP contribution in [-0.4, -0.2) is 32.4 Å². The van der Waals surface area contributed by atoms with E-state index in [-0.39, 0.29) is 4.21 Å². The number of aryl methyl sites for hydroxylation is 2. The predicted octanol–water partition coefficient (Wildman–Crippen LogP) is 3.22. The highest BCUT2D eigenvalue weighted by Gasteiger charge is 2.29. The van der Waals surface area contributed by atoms with Gasteiger partial charge in [0.25, 0.3) is 10.0 Å². The van der Waals surface area contributed by atoms with Gasteiger partial charge in [-0.3, -0.25) is 4.90 Å². The maximum absolute atomic E-state index is 12.8. The third-order valence-corrected chi connectivity index (χ3v) is 9.39. The molecule has 1 aromatic carbocycles. The summed E-state index contributed by atoms with van der Waals surface area (Å²) in [6.45, 7) is 4.77. The number of nitrogens with zero attached hydrogens (tertiary/aromatic N) is 1. The average molecular weight is 432 g/mol. The molecule has 0 unspecified atom stereocenters. The Kier molecular flexibility index (Phi) is 4.68. The van der Waals surface area contributed by atoms with Crippen molar-refractivity contribution in [3.05, 3.63) is 44.8 Å². The van der Waals surface area contributed by atoms with Crippen LogP contribution in [0.25, 0.3) is 0 Å². The van der Waals surface area contributed by atoms with Crippen molar-refractivity contribution in [1.82, 2.24) is 9.62 Å². The normalized spacial score (nSPS) is 17.8. The fraction of sp³-hybridized carbons (Fsp3) is 0.476. The molecule has 2 N–H and O–H groups in total. The molecule has 0 atom stereocenters. The first-order chi connectivity index (χ1) is 13.9. The Labute approximate surface area is 175 Å². The fourth-order valence-electron chi connectivity index (χ4n) is 4.67. The van der Waals surface area contributed by atoms with E-state index in [0.29, 0.717) is 0 Å². The largest absolute Gasteiger partial charge is 0.333 e. The Morgan fingerprint density at radius 1 is 1.07 bits per heavy atom. The molecule has 6 nitrogen and oxygen atoms in total. The molecule has 0 spiro atoms. The first-order valence-corrected chi connectivity index (χ1v) is 12.6. The summed E-state index contributed by atoms with van der Waals surface area (Å²) in [7, 11) is -3.88. The van der Waals surface area contributed by atoms with Crippen molar-refractivity contribution >= 4 is 33.1 Å². The molecule has 2 aromatic rings. The van der Waals surface area contributed by atoms with Crippen molar-refractivity contribution in [3.63, 3.8) is 0 Å². The van der Waals surface area contributed by atoms with Crippen LogP contribution in [-0.2, 0) is 48.7 Å². The van der Waals surface area contributed by atoms with Crippen molar-refractivity contribution in [2.45, 2.75) is 56.2 Å². The Morgan fingerprint density at radius 2 is 1.86 bits per heavy atom. The van der Waals surface area contributed by atoms with Crippen LogP contribution < -0.4 is 10.0 Å². The monoisotopic (exact) mass is 431 g/mol. The third-order valence-electron chi connectivity index (χ3n) is 6.35. The molecule has 2 amide bonds. The lowest BCUT2D eigenvalue weighted by atomic mass is 9.83. The van der Waals surface area contributed by atoms with Gasteiger partial charge < -0.3 is 5.32 Å². The van der Waals surface area contributed by atoms with Crippen molar-refractivity contribution in [2.24, 2.45) is 0 Å². The van der Waals surface area contributed by atoms with E-state index in [4.69, 9.17) is 0 Å². The van der Waals surface area contributed by atoms with Crippen molar-refractivity contribution < 1.29 is 13.2 Å². The summed E-state index contributed by atoms with van der Waals surface area (Å²) in [5.41, 5.74) is 6.85. The molecule has 0 fully saturated rings. The minimum atomic E-state index is -3.88. The Bertz CT molecular complexity index is 1100. The molecule has 1 aliphatic heterocycles. The first-order valence-electron chi connectivity index (χ1n) is 10.3. The highest BCUT2D eigenvalue weighted by Crippen LogP contribution is 2.39. The second-order valence-electron chi connectivity index (χ2n) is 8.07. The maximum Gasteiger partial charge on any atom is 0.333 e. The molecule has 0 bridgehead atoms. The van der Waals surface area contributed by atoms with Gasteiger partial charge in [-0.1, -0.05) is 13.0 Å². The molecule has 154 valence electrons. The van der Waals surface area contributed by atoms with Gasteiger partial charge in [-0.05, 0) is 79.0 Å². The van der Waals surface area contributed by atoms with Gasteiger partial charge in [0.1, 0.15) is 4.21 Å². The van der Waals surface area contributed by atoms with Crippen LogP contribution in [0.2, 0.25) is 0 Å². The number of nitrogens with one attached hydrogen (secondary N) is 2. The molecule has 3 aliphatic rings. The number of carbonyl (C=O) groups is 1. The molecule has 8 heteroatoms. The van der Waals surface area contributed by atoms with Crippen LogP contribution in [0.1, 0.15) is 46.0 Å². The Hall–Kier alpha value is -1.90. The number of thiophene rings is 1. The van der Waals surface area contributed by atoms with Crippen LogP contribution in [0.5, 0.6) is 0 Å².